The van der Waals surface area contributed by atoms with Crippen LogP contribution in [0.2, 0.25) is 0 Å². The highest BCUT2D eigenvalue weighted by Gasteiger charge is 2.29. The number of amides is 1. The lowest BCUT2D eigenvalue weighted by Crippen LogP contribution is -2.30. The van der Waals surface area contributed by atoms with Gasteiger partial charge in [0.2, 0.25) is 5.91 Å². The Balaban J connectivity index is 2.01. The van der Waals surface area contributed by atoms with Crippen LogP contribution in [0, 0.1) is 11.3 Å². The van der Waals surface area contributed by atoms with Gasteiger partial charge >= 0.3 is 0 Å². The summed E-state index contributed by atoms with van der Waals surface area (Å²) in [6, 6.07) is 10.3. The largest absolute Gasteiger partial charge is 0.338 e. The molecular formula is C17H25NO. The Kier molecular flexibility index (Phi) is 4.28. The van der Waals surface area contributed by atoms with Crippen LogP contribution in [0.4, 0.5) is 0 Å². The van der Waals surface area contributed by atoms with Crippen molar-refractivity contribution >= 4 is 5.91 Å². The summed E-state index contributed by atoms with van der Waals surface area (Å²) < 4.78 is 0. The summed E-state index contributed by atoms with van der Waals surface area (Å²) in [5.41, 5.74) is 1.54. The maximum absolute atomic E-state index is 12.2. The molecule has 0 aliphatic carbocycles. The van der Waals surface area contributed by atoms with Crippen LogP contribution in [0.1, 0.15) is 45.6 Å². The van der Waals surface area contributed by atoms with E-state index < -0.39 is 0 Å². The van der Waals surface area contributed by atoms with Crippen molar-refractivity contribution < 1.29 is 4.79 Å². The van der Waals surface area contributed by atoms with E-state index in [0.717, 1.165) is 25.9 Å². The Hall–Kier alpha value is -1.31. The van der Waals surface area contributed by atoms with Crippen LogP contribution in [0.3, 0.4) is 0 Å². The average Bonchev–Trinajstić information content (AvgIpc) is 2.53. The summed E-state index contributed by atoms with van der Waals surface area (Å²) in [6.45, 7) is 8.52. The molecule has 1 heterocycles. The van der Waals surface area contributed by atoms with E-state index in [0.29, 0.717) is 23.7 Å². The van der Waals surface area contributed by atoms with Gasteiger partial charge in [0, 0.05) is 19.5 Å². The van der Waals surface area contributed by atoms with E-state index in [1.807, 2.05) is 23.1 Å². The van der Waals surface area contributed by atoms with Gasteiger partial charge in [0.1, 0.15) is 0 Å². The zero-order valence-corrected chi connectivity index (χ0v) is 12.4. The second kappa shape index (κ2) is 5.77. The Morgan fingerprint density at radius 2 is 1.84 bits per heavy atom. The van der Waals surface area contributed by atoms with Gasteiger partial charge in [-0.25, -0.2) is 0 Å². The minimum atomic E-state index is 0.309. The number of carbonyl (C=O) groups is 1. The molecule has 2 heteroatoms. The molecule has 1 aliphatic rings. The van der Waals surface area contributed by atoms with Crippen LogP contribution in [-0.4, -0.2) is 17.4 Å². The summed E-state index contributed by atoms with van der Waals surface area (Å²) >= 11 is 0. The standard InChI is InChI=1S/C17H25NO/c1-17(2,3)15-9-10-16(19)18(12-11-15)13-14-7-5-4-6-8-14/h4-8,15H,9-13H2,1-3H3. The molecule has 1 saturated heterocycles. The summed E-state index contributed by atoms with van der Waals surface area (Å²) in [5, 5.41) is 0. The van der Waals surface area contributed by atoms with Gasteiger partial charge in [-0.2, -0.15) is 0 Å². The van der Waals surface area contributed by atoms with Crippen LogP contribution >= 0.6 is 0 Å². The van der Waals surface area contributed by atoms with E-state index in [9.17, 15) is 4.79 Å². The van der Waals surface area contributed by atoms with Gasteiger partial charge in [-0.1, -0.05) is 51.1 Å². The van der Waals surface area contributed by atoms with E-state index in [-0.39, 0.29) is 0 Å². The quantitative estimate of drug-likeness (QED) is 0.789. The zero-order chi connectivity index (χ0) is 13.9. The minimum absolute atomic E-state index is 0.309. The van der Waals surface area contributed by atoms with Gasteiger partial charge in [0.25, 0.3) is 0 Å². The molecule has 104 valence electrons. The van der Waals surface area contributed by atoms with Crippen molar-refractivity contribution in [2.75, 3.05) is 6.54 Å². The molecule has 1 atom stereocenters. The predicted octanol–water partition coefficient (Wildman–Crippen LogP) is 3.86. The Morgan fingerprint density at radius 1 is 1.16 bits per heavy atom. The van der Waals surface area contributed by atoms with Crippen molar-refractivity contribution in [1.82, 2.24) is 4.90 Å². The second-order valence-corrected chi connectivity index (χ2v) is 6.69. The Bertz CT molecular complexity index is 419. The summed E-state index contributed by atoms with van der Waals surface area (Å²) in [6.07, 6.45) is 2.87. The molecule has 0 aromatic heterocycles. The lowest BCUT2D eigenvalue weighted by molar-refractivity contribution is -0.131. The number of hydrogen-bond donors (Lipinski definition) is 0. The van der Waals surface area contributed by atoms with E-state index in [4.69, 9.17) is 0 Å². The van der Waals surface area contributed by atoms with Gasteiger partial charge in [-0.05, 0) is 29.7 Å². The maximum Gasteiger partial charge on any atom is 0.222 e. The molecule has 2 nitrogen and oxygen atoms in total. The first kappa shape index (κ1) is 14.1. The smallest absolute Gasteiger partial charge is 0.222 e. The summed E-state index contributed by atoms with van der Waals surface area (Å²) in [4.78, 5) is 14.2. The maximum atomic E-state index is 12.2. The van der Waals surface area contributed by atoms with Gasteiger partial charge < -0.3 is 4.90 Å². The monoisotopic (exact) mass is 259 g/mol. The van der Waals surface area contributed by atoms with Gasteiger partial charge in [-0.3, -0.25) is 4.79 Å². The van der Waals surface area contributed by atoms with Crippen molar-refractivity contribution in [3.63, 3.8) is 0 Å². The van der Waals surface area contributed by atoms with E-state index >= 15 is 0 Å². The van der Waals surface area contributed by atoms with Crippen molar-refractivity contribution in [3.05, 3.63) is 35.9 Å². The second-order valence-electron chi connectivity index (χ2n) is 6.69. The number of rotatable bonds is 2. The molecular weight excluding hydrogens is 234 g/mol. The molecule has 0 bridgehead atoms. The molecule has 1 aliphatic heterocycles. The van der Waals surface area contributed by atoms with E-state index in [1.165, 1.54) is 5.56 Å². The van der Waals surface area contributed by atoms with Crippen molar-refractivity contribution in [3.8, 4) is 0 Å². The average molecular weight is 259 g/mol. The first-order valence-electron chi connectivity index (χ1n) is 7.28. The molecule has 1 unspecified atom stereocenters. The highest BCUT2D eigenvalue weighted by molar-refractivity contribution is 5.76. The minimum Gasteiger partial charge on any atom is -0.338 e. The Morgan fingerprint density at radius 3 is 2.47 bits per heavy atom. The Labute approximate surface area is 116 Å². The third-order valence-corrected chi connectivity index (χ3v) is 4.25. The highest BCUT2D eigenvalue weighted by Crippen LogP contribution is 2.34. The molecule has 1 aromatic carbocycles. The van der Waals surface area contributed by atoms with Gasteiger partial charge in [0.05, 0.1) is 0 Å². The molecule has 1 aromatic rings. The summed E-state index contributed by atoms with van der Waals surface area (Å²) in [5.74, 6) is 0.966. The SMILES string of the molecule is CC(C)(C)C1CCC(=O)N(Cc2ccccc2)CC1. The fourth-order valence-corrected chi connectivity index (χ4v) is 2.87. The van der Waals surface area contributed by atoms with Gasteiger partial charge in [-0.15, -0.1) is 0 Å². The molecule has 0 saturated carbocycles. The molecule has 0 spiro atoms. The molecule has 1 fully saturated rings. The fourth-order valence-electron chi connectivity index (χ4n) is 2.87. The topological polar surface area (TPSA) is 20.3 Å². The molecule has 0 radical (unpaired) electrons. The van der Waals surface area contributed by atoms with Crippen molar-refractivity contribution in [2.24, 2.45) is 11.3 Å². The number of hydrogen-bond acceptors (Lipinski definition) is 1. The van der Waals surface area contributed by atoms with Crippen LogP contribution in [-0.2, 0) is 11.3 Å². The fraction of sp³-hybridized carbons (Fsp3) is 0.588. The number of nitrogens with zero attached hydrogens (tertiary/aromatic N) is 1. The number of carbonyl (C=O) groups excluding carboxylic acids is 1. The molecule has 1 amide bonds. The van der Waals surface area contributed by atoms with Crippen LogP contribution < -0.4 is 0 Å². The van der Waals surface area contributed by atoms with E-state index in [1.54, 1.807) is 0 Å². The van der Waals surface area contributed by atoms with Crippen LogP contribution in [0.25, 0.3) is 0 Å². The molecule has 2 rings (SSSR count). The summed E-state index contributed by atoms with van der Waals surface area (Å²) in [7, 11) is 0. The predicted molar refractivity (Wildman–Crippen MR) is 78.7 cm³/mol. The number of benzene rings is 1. The lowest BCUT2D eigenvalue weighted by atomic mass is 9.77. The van der Waals surface area contributed by atoms with E-state index in [2.05, 4.69) is 32.9 Å². The molecule has 0 N–H and O–H groups in total. The van der Waals surface area contributed by atoms with Crippen LogP contribution in [0.15, 0.2) is 30.3 Å². The highest BCUT2D eigenvalue weighted by atomic mass is 16.2. The first-order chi connectivity index (χ1) is 8.97. The van der Waals surface area contributed by atoms with Crippen molar-refractivity contribution in [2.45, 2.75) is 46.6 Å². The third-order valence-electron chi connectivity index (χ3n) is 4.25. The zero-order valence-electron chi connectivity index (χ0n) is 12.4. The normalized spacial score (nSPS) is 21.3. The van der Waals surface area contributed by atoms with Crippen molar-refractivity contribution in [1.29, 1.82) is 0 Å². The first-order valence-corrected chi connectivity index (χ1v) is 7.28. The third kappa shape index (κ3) is 3.82. The van der Waals surface area contributed by atoms with Gasteiger partial charge in [0.15, 0.2) is 0 Å². The lowest BCUT2D eigenvalue weighted by Gasteiger charge is -2.29. The van der Waals surface area contributed by atoms with Crippen LogP contribution in [0.5, 0.6) is 0 Å². The molecule has 19 heavy (non-hydrogen) atoms. The number of likely N-dealkylation sites (tertiary alicyclic amines) is 1.